The van der Waals surface area contributed by atoms with Crippen LogP contribution < -0.4 is 5.32 Å². The Morgan fingerprint density at radius 2 is 2.28 bits per heavy atom. The molecular formula is C14H20N4. The van der Waals surface area contributed by atoms with Crippen molar-refractivity contribution in [2.75, 3.05) is 7.05 Å². The molecule has 0 aromatic carbocycles. The predicted molar refractivity (Wildman–Crippen MR) is 72.4 cm³/mol. The summed E-state index contributed by atoms with van der Waals surface area (Å²) in [7, 11) is 1.99. The number of aromatic nitrogens is 3. The number of nitrogens with one attached hydrogen (secondary N) is 1. The summed E-state index contributed by atoms with van der Waals surface area (Å²) >= 11 is 0. The number of nitrogens with zero attached hydrogens (tertiary/aromatic N) is 3. The van der Waals surface area contributed by atoms with Gasteiger partial charge in [0.05, 0.1) is 6.20 Å². The molecule has 2 aromatic heterocycles. The van der Waals surface area contributed by atoms with Crippen molar-refractivity contribution in [2.24, 2.45) is 0 Å². The quantitative estimate of drug-likeness (QED) is 0.876. The van der Waals surface area contributed by atoms with E-state index in [4.69, 9.17) is 0 Å². The summed E-state index contributed by atoms with van der Waals surface area (Å²) in [5.74, 6) is 0. The molecule has 0 saturated carbocycles. The van der Waals surface area contributed by atoms with Gasteiger partial charge in [-0.15, -0.1) is 0 Å². The van der Waals surface area contributed by atoms with E-state index in [-0.39, 0.29) is 6.04 Å². The minimum atomic E-state index is 0.285. The fourth-order valence-corrected chi connectivity index (χ4v) is 2.15. The normalized spacial score (nSPS) is 12.6. The Balaban J connectivity index is 2.17. The number of aryl methyl sites for hydroxylation is 2. The lowest BCUT2D eigenvalue weighted by molar-refractivity contribution is 0.585. The van der Waals surface area contributed by atoms with Gasteiger partial charge in [0.25, 0.3) is 0 Å². The summed E-state index contributed by atoms with van der Waals surface area (Å²) < 4.78 is 1.96. The van der Waals surface area contributed by atoms with Gasteiger partial charge in [0.15, 0.2) is 0 Å². The van der Waals surface area contributed by atoms with Crippen LogP contribution in [0.25, 0.3) is 0 Å². The molecule has 0 aliphatic heterocycles. The molecule has 0 aliphatic carbocycles. The molecule has 2 aromatic rings. The maximum absolute atomic E-state index is 4.35. The van der Waals surface area contributed by atoms with Gasteiger partial charge in [-0.3, -0.25) is 9.67 Å². The minimum absolute atomic E-state index is 0.285. The third-order valence-electron chi connectivity index (χ3n) is 3.22. The van der Waals surface area contributed by atoms with Gasteiger partial charge < -0.3 is 5.32 Å². The molecule has 0 bridgehead atoms. The highest BCUT2D eigenvalue weighted by Gasteiger charge is 2.13. The Kier molecular flexibility index (Phi) is 4.10. The van der Waals surface area contributed by atoms with Crippen molar-refractivity contribution in [3.63, 3.8) is 0 Å². The van der Waals surface area contributed by atoms with Crippen LogP contribution in [0.2, 0.25) is 0 Å². The molecule has 1 N–H and O–H groups in total. The Hall–Kier alpha value is -1.68. The summed E-state index contributed by atoms with van der Waals surface area (Å²) in [6.45, 7) is 5.06. The van der Waals surface area contributed by atoms with Gasteiger partial charge in [-0.05, 0) is 44.5 Å². The highest BCUT2D eigenvalue weighted by molar-refractivity contribution is 5.24. The molecule has 0 spiro atoms. The first-order valence-corrected chi connectivity index (χ1v) is 6.34. The SMILES string of the molecule is CCn1cc(CC(NC)c2cccnc2C)cn1. The van der Waals surface area contributed by atoms with E-state index in [0.29, 0.717) is 0 Å². The molecule has 1 unspecified atom stereocenters. The van der Waals surface area contributed by atoms with Crippen LogP contribution in [0.3, 0.4) is 0 Å². The zero-order valence-corrected chi connectivity index (χ0v) is 11.2. The van der Waals surface area contributed by atoms with Gasteiger partial charge >= 0.3 is 0 Å². The third-order valence-corrected chi connectivity index (χ3v) is 3.22. The highest BCUT2D eigenvalue weighted by Crippen LogP contribution is 2.19. The number of hydrogen-bond donors (Lipinski definition) is 1. The lowest BCUT2D eigenvalue weighted by atomic mass is 10.00. The second-order valence-electron chi connectivity index (χ2n) is 4.43. The Bertz CT molecular complexity index is 504. The second kappa shape index (κ2) is 5.78. The smallest absolute Gasteiger partial charge is 0.0522 e. The van der Waals surface area contributed by atoms with Gasteiger partial charge in [-0.25, -0.2) is 0 Å². The van der Waals surface area contributed by atoms with Crippen molar-refractivity contribution < 1.29 is 0 Å². The zero-order chi connectivity index (χ0) is 13.0. The molecule has 2 rings (SSSR count). The van der Waals surface area contributed by atoms with E-state index < -0.39 is 0 Å². The van der Waals surface area contributed by atoms with Crippen molar-refractivity contribution in [3.05, 3.63) is 47.5 Å². The highest BCUT2D eigenvalue weighted by atomic mass is 15.3. The van der Waals surface area contributed by atoms with Gasteiger partial charge in [0.2, 0.25) is 0 Å². The lowest BCUT2D eigenvalue weighted by Gasteiger charge is -2.17. The topological polar surface area (TPSA) is 42.7 Å². The van der Waals surface area contributed by atoms with Crippen LogP contribution in [0.15, 0.2) is 30.7 Å². The molecule has 0 aliphatic rings. The van der Waals surface area contributed by atoms with Crippen molar-refractivity contribution >= 4 is 0 Å². The summed E-state index contributed by atoms with van der Waals surface area (Å²) in [6, 6.07) is 4.41. The summed E-state index contributed by atoms with van der Waals surface area (Å²) in [5, 5.41) is 7.67. The Morgan fingerprint density at radius 1 is 1.44 bits per heavy atom. The van der Waals surface area contributed by atoms with Crippen LogP contribution >= 0.6 is 0 Å². The van der Waals surface area contributed by atoms with Crippen molar-refractivity contribution in [3.8, 4) is 0 Å². The first kappa shape index (κ1) is 12.8. The summed E-state index contributed by atoms with van der Waals surface area (Å²) in [4.78, 5) is 4.35. The molecule has 4 nitrogen and oxygen atoms in total. The number of rotatable bonds is 5. The van der Waals surface area contributed by atoms with Gasteiger partial charge in [-0.1, -0.05) is 6.07 Å². The zero-order valence-electron chi connectivity index (χ0n) is 11.2. The average molecular weight is 244 g/mol. The second-order valence-corrected chi connectivity index (χ2v) is 4.43. The van der Waals surface area contributed by atoms with Crippen LogP contribution in [-0.4, -0.2) is 21.8 Å². The number of hydrogen-bond acceptors (Lipinski definition) is 3. The van der Waals surface area contributed by atoms with Crippen molar-refractivity contribution in [2.45, 2.75) is 32.9 Å². The minimum Gasteiger partial charge on any atom is -0.313 e. The molecule has 0 saturated heterocycles. The van der Waals surface area contributed by atoms with E-state index in [9.17, 15) is 0 Å². The monoisotopic (exact) mass is 244 g/mol. The first-order chi connectivity index (χ1) is 8.74. The van der Waals surface area contributed by atoms with Gasteiger partial charge in [0.1, 0.15) is 0 Å². The molecule has 0 fully saturated rings. The fourth-order valence-electron chi connectivity index (χ4n) is 2.15. The van der Waals surface area contributed by atoms with Crippen molar-refractivity contribution in [1.82, 2.24) is 20.1 Å². The van der Waals surface area contributed by atoms with E-state index >= 15 is 0 Å². The largest absolute Gasteiger partial charge is 0.313 e. The standard InChI is InChI=1S/C14H20N4/c1-4-18-10-12(9-17-18)8-14(15-3)13-6-5-7-16-11(13)2/h5-7,9-10,14-15H,4,8H2,1-3H3. The van der Waals surface area contributed by atoms with Crippen LogP contribution in [0, 0.1) is 6.92 Å². The molecule has 1 atom stereocenters. The molecule has 18 heavy (non-hydrogen) atoms. The molecule has 4 heteroatoms. The molecule has 96 valence electrons. The third kappa shape index (κ3) is 2.76. The van der Waals surface area contributed by atoms with Crippen LogP contribution in [0.1, 0.15) is 29.8 Å². The number of likely N-dealkylation sites (N-methyl/N-ethyl adjacent to an activating group) is 1. The predicted octanol–water partition coefficient (Wildman–Crippen LogP) is 2.11. The van der Waals surface area contributed by atoms with Crippen LogP contribution in [-0.2, 0) is 13.0 Å². The molecule has 0 radical (unpaired) electrons. The van der Waals surface area contributed by atoms with Crippen LogP contribution in [0.4, 0.5) is 0 Å². The molecular weight excluding hydrogens is 224 g/mol. The van der Waals surface area contributed by atoms with E-state index in [2.05, 4.69) is 41.5 Å². The Morgan fingerprint density at radius 3 is 2.89 bits per heavy atom. The lowest BCUT2D eigenvalue weighted by Crippen LogP contribution is -2.20. The summed E-state index contributed by atoms with van der Waals surface area (Å²) in [6.07, 6.45) is 6.82. The van der Waals surface area contributed by atoms with Crippen molar-refractivity contribution in [1.29, 1.82) is 0 Å². The first-order valence-electron chi connectivity index (χ1n) is 6.34. The van der Waals surface area contributed by atoms with E-state index in [1.165, 1.54) is 11.1 Å². The van der Waals surface area contributed by atoms with Crippen LogP contribution in [0.5, 0.6) is 0 Å². The average Bonchev–Trinajstić information content (AvgIpc) is 2.85. The van der Waals surface area contributed by atoms with E-state index in [0.717, 1.165) is 18.7 Å². The van der Waals surface area contributed by atoms with Gasteiger partial charge in [0, 0.05) is 30.7 Å². The fraction of sp³-hybridized carbons (Fsp3) is 0.429. The molecule has 2 heterocycles. The van der Waals surface area contributed by atoms with Gasteiger partial charge in [-0.2, -0.15) is 5.10 Å². The molecule has 0 amide bonds. The number of pyridine rings is 1. The maximum Gasteiger partial charge on any atom is 0.0522 e. The Labute approximate surface area is 108 Å². The van der Waals surface area contributed by atoms with E-state index in [1.54, 1.807) is 0 Å². The van der Waals surface area contributed by atoms with E-state index in [1.807, 2.05) is 30.2 Å². The maximum atomic E-state index is 4.35. The summed E-state index contributed by atoms with van der Waals surface area (Å²) in [5.41, 5.74) is 3.59.